The Morgan fingerprint density at radius 3 is 1.92 bits per heavy atom. The van der Waals surface area contributed by atoms with E-state index in [4.69, 9.17) is 5.11 Å². The van der Waals surface area contributed by atoms with Crippen LogP contribution in [0.3, 0.4) is 0 Å². The summed E-state index contributed by atoms with van der Waals surface area (Å²) in [6, 6.07) is 0. The minimum absolute atomic E-state index is 0.720. The Hall–Kier alpha value is -0.340. The summed E-state index contributed by atoms with van der Waals surface area (Å²) in [5.41, 5.74) is -6.87. The molecule has 0 heterocycles. The van der Waals surface area contributed by atoms with Gasteiger partial charge < -0.3 is 5.11 Å². The molecule has 0 bridgehead atoms. The second-order valence-electron chi connectivity index (χ2n) is 3.09. The maximum absolute atomic E-state index is 11.8. The lowest BCUT2D eigenvalue weighted by molar-refractivity contribution is -0.0458. The highest BCUT2D eigenvalue weighted by molar-refractivity contribution is 7.90. The summed E-state index contributed by atoms with van der Waals surface area (Å²) >= 11 is 0. The molecule has 2 N–H and O–H groups in total. The zero-order valence-corrected chi connectivity index (χ0v) is 7.83. The molecular formula is C5H10F3NO3S. The number of hydrogen-bond acceptors (Lipinski definition) is 3. The molecule has 0 aromatic carbocycles. The molecule has 0 fully saturated rings. The van der Waals surface area contributed by atoms with Crippen LogP contribution < -0.4 is 4.72 Å². The summed E-state index contributed by atoms with van der Waals surface area (Å²) in [6.45, 7) is 1.55. The van der Waals surface area contributed by atoms with Gasteiger partial charge in [0.25, 0.3) is 0 Å². The summed E-state index contributed by atoms with van der Waals surface area (Å²) in [5, 5.41) is 8.53. The van der Waals surface area contributed by atoms with Crippen molar-refractivity contribution >= 4 is 10.0 Å². The van der Waals surface area contributed by atoms with E-state index in [0.717, 1.165) is 13.8 Å². The lowest BCUT2D eigenvalue weighted by Crippen LogP contribution is -2.50. The van der Waals surface area contributed by atoms with E-state index in [0.29, 0.717) is 0 Å². The molecule has 0 rings (SSSR count). The van der Waals surface area contributed by atoms with Gasteiger partial charge in [0.1, 0.15) is 0 Å². The van der Waals surface area contributed by atoms with Gasteiger partial charge in [-0.15, -0.1) is 0 Å². The smallest absolute Gasteiger partial charge is 0.394 e. The Kier molecular flexibility index (Phi) is 3.34. The Balaban J connectivity index is 4.74. The van der Waals surface area contributed by atoms with E-state index in [2.05, 4.69) is 0 Å². The Morgan fingerprint density at radius 1 is 1.31 bits per heavy atom. The normalized spacial score (nSPS) is 14.6. The number of nitrogens with one attached hydrogen (secondary N) is 1. The summed E-state index contributed by atoms with van der Waals surface area (Å²) in [5.74, 6) is 0. The average Bonchev–Trinajstić information content (AvgIpc) is 1.83. The van der Waals surface area contributed by atoms with Crippen molar-refractivity contribution in [3.05, 3.63) is 0 Å². The minimum atomic E-state index is -5.38. The van der Waals surface area contributed by atoms with Gasteiger partial charge in [0.05, 0.1) is 12.1 Å². The predicted octanol–water partition coefficient (Wildman–Crippen LogP) is 0.197. The van der Waals surface area contributed by atoms with Crippen molar-refractivity contribution in [1.29, 1.82) is 0 Å². The number of rotatable bonds is 3. The number of sulfonamides is 1. The van der Waals surface area contributed by atoms with Crippen LogP contribution in [-0.2, 0) is 10.0 Å². The first-order valence-electron chi connectivity index (χ1n) is 3.23. The lowest BCUT2D eigenvalue weighted by atomic mass is 10.1. The summed E-state index contributed by atoms with van der Waals surface area (Å²) in [4.78, 5) is 0. The molecule has 0 aromatic rings. The van der Waals surface area contributed by atoms with E-state index in [1.807, 2.05) is 0 Å². The molecule has 4 nitrogen and oxygen atoms in total. The van der Waals surface area contributed by atoms with Crippen molar-refractivity contribution in [1.82, 2.24) is 4.72 Å². The van der Waals surface area contributed by atoms with Gasteiger partial charge in [-0.25, -0.2) is 8.42 Å². The van der Waals surface area contributed by atoms with Gasteiger partial charge in [-0.05, 0) is 13.8 Å². The van der Waals surface area contributed by atoms with Gasteiger partial charge >= 0.3 is 15.5 Å². The van der Waals surface area contributed by atoms with Gasteiger partial charge in [0.15, 0.2) is 0 Å². The topological polar surface area (TPSA) is 66.4 Å². The molecule has 0 amide bonds. The third-order valence-electron chi connectivity index (χ3n) is 1.11. The minimum Gasteiger partial charge on any atom is -0.394 e. The van der Waals surface area contributed by atoms with Crippen LogP contribution in [0, 0.1) is 0 Å². The standard InChI is InChI=1S/C5H10F3NO3S/c1-4(2,3-10)9-13(11,12)5(6,7)8/h9-10H,3H2,1-2H3. The third-order valence-corrected chi connectivity index (χ3v) is 2.54. The second kappa shape index (κ2) is 3.43. The summed E-state index contributed by atoms with van der Waals surface area (Å²) in [7, 11) is -5.38. The number of halogens is 3. The van der Waals surface area contributed by atoms with Crippen molar-refractivity contribution in [2.45, 2.75) is 24.9 Å². The largest absolute Gasteiger partial charge is 0.511 e. The van der Waals surface area contributed by atoms with Crippen LogP contribution in [0.5, 0.6) is 0 Å². The Morgan fingerprint density at radius 2 is 1.69 bits per heavy atom. The zero-order chi connectivity index (χ0) is 10.9. The quantitative estimate of drug-likeness (QED) is 0.715. The lowest BCUT2D eigenvalue weighted by Gasteiger charge is -2.23. The van der Waals surface area contributed by atoms with E-state index in [1.54, 1.807) is 0 Å². The highest BCUT2D eigenvalue weighted by Gasteiger charge is 2.48. The summed E-state index contributed by atoms with van der Waals surface area (Å²) in [6.07, 6.45) is 0. The van der Waals surface area contributed by atoms with Crippen LogP contribution in [0.25, 0.3) is 0 Å². The number of aliphatic hydroxyl groups is 1. The van der Waals surface area contributed by atoms with E-state index in [-0.39, 0.29) is 0 Å². The van der Waals surface area contributed by atoms with E-state index in [9.17, 15) is 21.6 Å². The fourth-order valence-corrected chi connectivity index (χ4v) is 1.36. The molecular weight excluding hydrogens is 211 g/mol. The van der Waals surface area contributed by atoms with Gasteiger partial charge in [0.2, 0.25) is 0 Å². The Labute approximate surface area is 73.8 Å². The molecule has 80 valence electrons. The number of alkyl halides is 3. The SMILES string of the molecule is CC(C)(CO)NS(=O)(=O)C(F)(F)F. The molecule has 0 aliphatic carbocycles. The molecule has 0 spiro atoms. The molecule has 0 atom stereocenters. The highest BCUT2D eigenvalue weighted by atomic mass is 32.2. The van der Waals surface area contributed by atoms with Crippen LogP contribution in [-0.4, -0.2) is 31.2 Å². The first-order chi connectivity index (χ1) is 5.52. The highest BCUT2D eigenvalue weighted by Crippen LogP contribution is 2.23. The number of hydrogen-bond donors (Lipinski definition) is 2. The molecule has 0 radical (unpaired) electrons. The van der Waals surface area contributed by atoms with Crippen molar-refractivity contribution in [2.75, 3.05) is 6.61 Å². The van der Waals surface area contributed by atoms with Crippen molar-refractivity contribution in [3.8, 4) is 0 Å². The fraction of sp³-hybridized carbons (Fsp3) is 1.00. The van der Waals surface area contributed by atoms with Crippen molar-refractivity contribution < 1.29 is 26.7 Å². The van der Waals surface area contributed by atoms with Crippen LogP contribution in [0.2, 0.25) is 0 Å². The van der Waals surface area contributed by atoms with Crippen LogP contribution in [0.15, 0.2) is 0 Å². The molecule has 0 aliphatic rings. The average molecular weight is 221 g/mol. The molecule has 0 aliphatic heterocycles. The fourth-order valence-electron chi connectivity index (χ4n) is 0.454. The second-order valence-corrected chi connectivity index (χ2v) is 4.77. The van der Waals surface area contributed by atoms with Crippen LogP contribution in [0.4, 0.5) is 13.2 Å². The van der Waals surface area contributed by atoms with E-state index in [1.165, 1.54) is 4.72 Å². The van der Waals surface area contributed by atoms with E-state index >= 15 is 0 Å². The molecule has 0 unspecified atom stereocenters. The predicted molar refractivity (Wildman–Crippen MR) is 39.3 cm³/mol. The number of aliphatic hydroxyl groups excluding tert-OH is 1. The molecule has 0 saturated carbocycles. The van der Waals surface area contributed by atoms with Gasteiger partial charge in [-0.2, -0.15) is 17.9 Å². The van der Waals surface area contributed by atoms with Crippen molar-refractivity contribution in [3.63, 3.8) is 0 Å². The maximum Gasteiger partial charge on any atom is 0.511 e. The molecule has 0 saturated heterocycles. The monoisotopic (exact) mass is 221 g/mol. The molecule has 0 aromatic heterocycles. The van der Waals surface area contributed by atoms with Crippen LogP contribution >= 0.6 is 0 Å². The molecule has 8 heteroatoms. The summed E-state index contributed by atoms with van der Waals surface area (Å²) < 4.78 is 57.6. The Bertz CT molecular complexity index is 269. The third kappa shape index (κ3) is 3.49. The zero-order valence-electron chi connectivity index (χ0n) is 7.01. The molecule has 13 heavy (non-hydrogen) atoms. The van der Waals surface area contributed by atoms with Crippen LogP contribution in [0.1, 0.15) is 13.8 Å². The van der Waals surface area contributed by atoms with Crippen molar-refractivity contribution in [2.24, 2.45) is 0 Å². The first-order valence-corrected chi connectivity index (χ1v) is 4.71. The van der Waals surface area contributed by atoms with Gasteiger partial charge in [0, 0.05) is 0 Å². The first kappa shape index (κ1) is 12.7. The van der Waals surface area contributed by atoms with Gasteiger partial charge in [-0.1, -0.05) is 0 Å². The van der Waals surface area contributed by atoms with E-state index < -0.39 is 27.7 Å². The maximum atomic E-state index is 11.8. The van der Waals surface area contributed by atoms with Gasteiger partial charge in [-0.3, -0.25) is 0 Å².